The van der Waals surface area contributed by atoms with Crippen LogP contribution in [0.15, 0.2) is 0 Å². The SMILES string of the molecule is CCC(Cl)C(=O)OC(CC)C(=O)OC1C2CC3CC(C2)C(=O)OC1C3.CCC(OC(=O)C(Cl)CC)OC1C2CC3CC(C2)C(=O)OC1C3. The van der Waals surface area contributed by atoms with E-state index in [9.17, 15) is 24.0 Å². The van der Waals surface area contributed by atoms with Crippen molar-refractivity contribution in [3.8, 4) is 0 Å². The average Bonchev–Trinajstić information content (AvgIpc) is 3.34. The number of carbonyl (C=O) groups is 5. The average molecular weight is 718 g/mol. The lowest BCUT2D eigenvalue weighted by molar-refractivity contribution is -0.220. The normalized spacial score (nSPS) is 36.6. The topological polar surface area (TPSA) is 141 Å². The Morgan fingerprint density at radius 1 is 0.646 bits per heavy atom. The quantitative estimate of drug-likeness (QED) is 0.107. The smallest absolute Gasteiger partial charge is 0.347 e. The minimum atomic E-state index is -0.977. The lowest BCUT2D eigenvalue weighted by atomic mass is 9.67. The molecule has 0 spiro atoms. The van der Waals surface area contributed by atoms with Crippen LogP contribution in [-0.2, 0) is 52.4 Å². The summed E-state index contributed by atoms with van der Waals surface area (Å²) in [5, 5.41) is -1.42. The second-order valence-electron chi connectivity index (χ2n) is 14.3. The van der Waals surface area contributed by atoms with Gasteiger partial charge in [-0.3, -0.25) is 19.2 Å². The first-order valence-corrected chi connectivity index (χ1v) is 18.8. The largest absolute Gasteiger partial charge is 0.459 e. The fraction of sp³-hybridized carbons (Fsp3) is 0.857. The molecule has 4 saturated heterocycles. The highest BCUT2D eigenvalue weighted by Crippen LogP contribution is 2.49. The monoisotopic (exact) mass is 716 g/mol. The van der Waals surface area contributed by atoms with Crippen molar-refractivity contribution >= 4 is 53.0 Å². The zero-order valence-electron chi connectivity index (χ0n) is 28.3. The third-order valence-corrected chi connectivity index (χ3v) is 11.9. The van der Waals surface area contributed by atoms with Gasteiger partial charge < -0.3 is 28.4 Å². The summed E-state index contributed by atoms with van der Waals surface area (Å²) < 4.78 is 33.6. The van der Waals surface area contributed by atoms with Gasteiger partial charge >= 0.3 is 29.8 Å². The molecule has 4 aliphatic carbocycles. The van der Waals surface area contributed by atoms with E-state index in [1.807, 2.05) is 13.8 Å². The Morgan fingerprint density at radius 3 is 1.65 bits per heavy atom. The maximum absolute atomic E-state index is 12.5. The summed E-state index contributed by atoms with van der Waals surface area (Å²) in [6.07, 6.45) is 6.02. The summed E-state index contributed by atoms with van der Waals surface area (Å²) in [5.41, 5.74) is 0. The van der Waals surface area contributed by atoms with Gasteiger partial charge in [0.05, 0.1) is 11.8 Å². The molecule has 0 radical (unpaired) electrons. The van der Waals surface area contributed by atoms with E-state index in [-0.39, 0.29) is 48.0 Å². The lowest BCUT2D eigenvalue weighted by Gasteiger charge is -2.42. The number of halogens is 2. The Morgan fingerprint density at radius 2 is 1.15 bits per heavy atom. The Labute approximate surface area is 292 Å². The number of rotatable bonds is 12. The van der Waals surface area contributed by atoms with Crippen LogP contribution in [0.25, 0.3) is 0 Å². The van der Waals surface area contributed by atoms with Crippen LogP contribution < -0.4 is 0 Å². The third kappa shape index (κ3) is 8.43. The molecule has 0 amide bonds. The molecule has 270 valence electrons. The number of carbonyl (C=O) groups excluding carboxylic acids is 5. The summed E-state index contributed by atoms with van der Waals surface area (Å²) in [6, 6.07) is 0. The van der Waals surface area contributed by atoms with Crippen molar-refractivity contribution in [3.05, 3.63) is 0 Å². The van der Waals surface area contributed by atoms with Crippen LogP contribution in [0, 0.1) is 35.5 Å². The van der Waals surface area contributed by atoms with Gasteiger partial charge in [0.1, 0.15) is 35.2 Å². The Kier molecular flexibility index (Phi) is 12.6. The van der Waals surface area contributed by atoms with Crippen molar-refractivity contribution in [3.63, 3.8) is 0 Å². The van der Waals surface area contributed by atoms with Crippen LogP contribution in [0.4, 0.5) is 0 Å². The molecule has 0 aromatic heterocycles. The molecule has 4 saturated carbocycles. The molecule has 8 aliphatic rings. The van der Waals surface area contributed by atoms with Crippen molar-refractivity contribution in [1.82, 2.24) is 0 Å². The Hall–Kier alpha value is -2.11. The standard InChI is InChI=1S/C18H25ClO6.C17H25ClO5/c1-3-12(19)17(21)23-13(4-2)18(22)25-15-10-5-9-6-11(8-10)16(20)24-14(15)7-9;1-3-12(18)17(20)23-14(4-2)22-15-10-5-9-6-11(8-10)16(19)21-13(15)7-9/h9-15H,3-8H2,1-2H3;9-15H,3-8H2,1-2H3. The first-order chi connectivity index (χ1) is 22.9. The van der Waals surface area contributed by atoms with Gasteiger partial charge in [-0.1, -0.05) is 27.7 Å². The summed E-state index contributed by atoms with van der Waals surface area (Å²) >= 11 is 11.8. The predicted molar refractivity (Wildman–Crippen MR) is 173 cm³/mol. The summed E-state index contributed by atoms with van der Waals surface area (Å²) in [5.74, 6) is -0.442. The first kappa shape index (κ1) is 37.2. The highest BCUT2D eigenvalue weighted by Gasteiger charge is 2.53. The number of alkyl halides is 2. The van der Waals surface area contributed by atoms with Gasteiger partial charge in [0, 0.05) is 12.3 Å². The van der Waals surface area contributed by atoms with E-state index in [2.05, 4.69) is 0 Å². The van der Waals surface area contributed by atoms with Crippen LogP contribution >= 0.6 is 23.2 Å². The van der Waals surface area contributed by atoms with E-state index < -0.39 is 47.2 Å². The molecule has 48 heavy (non-hydrogen) atoms. The van der Waals surface area contributed by atoms with Gasteiger partial charge in [0.2, 0.25) is 6.29 Å². The molecule has 13 heteroatoms. The number of fused-ring (bicyclic) bond motifs is 2. The van der Waals surface area contributed by atoms with Crippen LogP contribution in [0.1, 0.15) is 105 Å². The Bertz CT molecular complexity index is 1200. The van der Waals surface area contributed by atoms with E-state index in [4.69, 9.17) is 51.6 Å². The van der Waals surface area contributed by atoms with Crippen LogP contribution in [0.5, 0.6) is 0 Å². The molecule has 14 unspecified atom stereocenters. The van der Waals surface area contributed by atoms with Crippen molar-refractivity contribution in [2.45, 2.75) is 152 Å². The summed E-state index contributed by atoms with van der Waals surface area (Å²) in [6.45, 7) is 7.26. The van der Waals surface area contributed by atoms with Crippen molar-refractivity contribution < 1.29 is 52.4 Å². The number of hydrogen-bond donors (Lipinski definition) is 0. The van der Waals surface area contributed by atoms with Crippen molar-refractivity contribution in [2.75, 3.05) is 0 Å². The number of esters is 5. The second kappa shape index (κ2) is 16.3. The second-order valence-corrected chi connectivity index (χ2v) is 15.4. The number of ether oxygens (including phenoxy) is 6. The molecule has 14 atom stereocenters. The van der Waals surface area contributed by atoms with Crippen molar-refractivity contribution in [2.24, 2.45) is 35.5 Å². The number of hydrogen-bond acceptors (Lipinski definition) is 11. The van der Waals surface area contributed by atoms with Gasteiger partial charge in [0.25, 0.3) is 0 Å². The molecular weight excluding hydrogens is 667 g/mol. The van der Waals surface area contributed by atoms with Gasteiger partial charge in [0.15, 0.2) is 6.10 Å². The molecule has 0 N–H and O–H groups in total. The molecule has 8 rings (SSSR count). The molecule has 4 aliphatic heterocycles. The zero-order chi connectivity index (χ0) is 34.7. The molecule has 0 aromatic carbocycles. The van der Waals surface area contributed by atoms with E-state index in [1.165, 1.54) is 0 Å². The fourth-order valence-corrected chi connectivity index (χ4v) is 8.64. The highest BCUT2D eigenvalue weighted by atomic mass is 35.5. The molecular formula is C35H50Cl2O11. The van der Waals surface area contributed by atoms with E-state index in [0.29, 0.717) is 49.9 Å². The lowest BCUT2D eigenvalue weighted by Crippen LogP contribution is -2.47. The molecule has 0 aromatic rings. The molecule has 11 nitrogen and oxygen atoms in total. The van der Waals surface area contributed by atoms with Crippen molar-refractivity contribution in [1.29, 1.82) is 0 Å². The first-order valence-electron chi connectivity index (χ1n) is 17.9. The fourth-order valence-electron chi connectivity index (χ4n) is 8.54. The molecule has 8 bridgehead atoms. The molecule has 8 fully saturated rings. The maximum Gasteiger partial charge on any atom is 0.347 e. The van der Waals surface area contributed by atoms with Gasteiger partial charge in [-0.2, -0.15) is 0 Å². The van der Waals surface area contributed by atoms with Crippen LogP contribution in [0.2, 0.25) is 0 Å². The minimum absolute atomic E-state index is 0.0206. The van der Waals surface area contributed by atoms with E-state index >= 15 is 0 Å². The van der Waals surface area contributed by atoms with Gasteiger partial charge in [-0.15, -0.1) is 23.2 Å². The predicted octanol–water partition coefficient (Wildman–Crippen LogP) is 5.63. The van der Waals surface area contributed by atoms with Crippen LogP contribution in [0.3, 0.4) is 0 Å². The maximum atomic E-state index is 12.5. The summed E-state index contributed by atoms with van der Waals surface area (Å²) in [4.78, 5) is 60.4. The molecule has 4 heterocycles. The van der Waals surface area contributed by atoms with E-state index in [1.54, 1.807) is 13.8 Å². The highest BCUT2D eigenvalue weighted by molar-refractivity contribution is 6.30. The van der Waals surface area contributed by atoms with Crippen LogP contribution in [-0.4, -0.2) is 77.4 Å². The third-order valence-electron chi connectivity index (χ3n) is 10.9. The zero-order valence-corrected chi connectivity index (χ0v) is 29.8. The van der Waals surface area contributed by atoms with E-state index in [0.717, 1.165) is 44.9 Å². The van der Waals surface area contributed by atoms with Gasteiger partial charge in [-0.25, -0.2) is 4.79 Å². The van der Waals surface area contributed by atoms with Gasteiger partial charge in [-0.05, 0) is 88.4 Å². The summed E-state index contributed by atoms with van der Waals surface area (Å²) in [7, 11) is 0. The minimum Gasteiger partial charge on any atom is -0.459 e. The Balaban J connectivity index is 0.000000188.